The van der Waals surface area contributed by atoms with E-state index in [0.29, 0.717) is 18.3 Å². The minimum Gasteiger partial charge on any atom is -0.464 e. The van der Waals surface area contributed by atoms with Gasteiger partial charge in [0.05, 0.1) is 19.3 Å². The van der Waals surface area contributed by atoms with Gasteiger partial charge in [0.2, 0.25) is 5.91 Å². The summed E-state index contributed by atoms with van der Waals surface area (Å²) in [6.07, 6.45) is 4.55. The van der Waals surface area contributed by atoms with E-state index in [1.54, 1.807) is 0 Å². The number of piperidine rings is 1. The van der Waals surface area contributed by atoms with Gasteiger partial charge in [0.15, 0.2) is 0 Å². The molecular weight excluding hydrogens is 330 g/mol. The number of carbonyl (C=O) groups is 2. The molecule has 1 saturated heterocycles. The molecule has 0 aliphatic carbocycles. The number of amides is 1. The Balaban J connectivity index is 1.85. The normalized spacial score (nSPS) is 18.0. The first kappa shape index (κ1) is 18.5. The standard InChI is InChI=1S/C20H27N3O3/c1-4-14-7-5-6-10-23(14)12-17(24)22-18-15-11-13(2)8-9-16(15)21-19(18)20(25)26-3/h8-9,11,14,21H,4-7,10,12H2,1-3H3,(H,22,24)/t14-/m0/s1. The Morgan fingerprint density at radius 3 is 2.88 bits per heavy atom. The lowest BCUT2D eigenvalue weighted by Crippen LogP contribution is -2.43. The van der Waals surface area contributed by atoms with Crippen LogP contribution >= 0.6 is 0 Å². The summed E-state index contributed by atoms with van der Waals surface area (Å²) in [5.41, 5.74) is 2.65. The first-order valence-corrected chi connectivity index (χ1v) is 9.28. The quantitative estimate of drug-likeness (QED) is 0.804. The summed E-state index contributed by atoms with van der Waals surface area (Å²) in [5, 5.41) is 3.78. The number of hydrogen-bond acceptors (Lipinski definition) is 4. The number of esters is 1. The first-order chi connectivity index (χ1) is 12.5. The number of methoxy groups -OCH3 is 1. The number of aromatic amines is 1. The summed E-state index contributed by atoms with van der Waals surface area (Å²) in [5.74, 6) is -0.587. The molecule has 6 nitrogen and oxygen atoms in total. The Kier molecular flexibility index (Phi) is 5.61. The van der Waals surface area contributed by atoms with Crippen molar-refractivity contribution in [2.45, 2.75) is 45.6 Å². The molecule has 0 radical (unpaired) electrons. The van der Waals surface area contributed by atoms with Crippen molar-refractivity contribution in [3.05, 3.63) is 29.5 Å². The van der Waals surface area contributed by atoms with Crippen molar-refractivity contribution < 1.29 is 14.3 Å². The molecule has 1 aliphatic rings. The van der Waals surface area contributed by atoms with E-state index in [2.05, 4.69) is 22.1 Å². The van der Waals surface area contributed by atoms with Crippen LogP contribution in [-0.4, -0.2) is 48.0 Å². The number of hydrogen-bond donors (Lipinski definition) is 2. The maximum atomic E-state index is 12.7. The monoisotopic (exact) mass is 357 g/mol. The maximum absolute atomic E-state index is 12.7. The number of likely N-dealkylation sites (tertiary alicyclic amines) is 1. The van der Waals surface area contributed by atoms with E-state index in [4.69, 9.17) is 4.74 Å². The van der Waals surface area contributed by atoms with E-state index < -0.39 is 5.97 Å². The summed E-state index contributed by atoms with van der Waals surface area (Å²) < 4.78 is 4.87. The van der Waals surface area contributed by atoms with Crippen molar-refractivity contribution in [3.63, 3.8) is 0 Å². The molecule has 140 valence electrons. The molecule has 2 heterocycles. The van der Waals surface area contributed by atoms with Gasteiger partial charge in [-0.05, 0) is 44.9 Å². The molecule has 0 unspecified atom stereocenters. The lowest BCUT2D eigenvalue weighted by atomic mass is 10.00. The van der Waals surface area contributed by atoms with Crippen LogP contribution in [0, 0.1) is 6.92 Å². The fraction of sp³-hybridized carbons (Fsp3) is 0.500. The number of rotatable bonds is 5. The van der Waals surface area contributed by atoms with Crippen LogP contribution in [0.5, 0.6) is 0 Å². The maximum Gasteiger partial charge on any atom is 0.356 e. The highest BCUT2D eigenvalue weighted by atomic mass is 16.5. The van der Waals surface area contributed by atoms with E-state index in [1.807, 2.05) is 25.1 Å². The zero-order chi connectivity index (χ0) is 18.7. The molecule has 6 heteroatoms. The topological polar surface area (TPSA) is 74.4 Å². The number of nitrogens with one attached hydrogen (secondary N) is 2. The highest BCUT2D eigenvalue weighted by Gasteiger charge is 2.25. The van der Waals surface area contributed by atoms with Gasteiger partial charge in [-0.25, -0.2) is 4.79 Å². The number of fused-ring (bicyclic) bond motifs is 1. The molecule has 3 rings (SSSR count). The second kappa shape index (κ2) is 7.91. The van der Waals surface area contributed by atoms with Gasteiger partial charge in [-0.2, -0.15) is 0 Å². The third-order valence-electron chi connectivity index (χ3n) is 5.18. The third-order valence-corrected chi connectivity index (χ3v) is 5.18. The van der Waals surface area contributed by atoms with Crippen molar-refractivity contribution in [2.75, 3.05) is 25.5 Å². The van der Waals surface area contributed by atoms with Gasteiger partial charge in [0.25, 0.3) is 0 Å². The number of aromatic nitrogens is 1. The lowest BCUT2D eigenvalue weighted by molar-refractivity contribution is -0.118. The number of aryl methyl sites for hydroxylation is 1. The highest BCUT2D eigenvalue weighted by Crippen LogP contribution is 2.29. The highest BCUT2D eigenvalue weighted by molar-refractivity contribution is 6.11. The molecule has 1 aromatic carbocycles. The Morgan fingerprint density at radius 1 is 1.35 bits per heavy atom. The second-order valence-electron chi connectivity index (χ2n) is 6.99. The van der Waals surface area contributed by atoms with Crippen molar-refractivity contribution in [3.8, 4) is 0 Å². The summed E-state index contributed by atoms with van der Waals surface area (Å²) in [7, 11) is 1.34. The third kappa shape index (κ3) is 3.75. The van der Waals surface area contributed by atoms with Crippen LogP contribution < -0.4 is 5.32 Å². The summed E-state index contributed by atoms with van der Waals surface area (Å²) >= 11 is 0. The summed E-state index contributed by atoms with van der Waals surface area (Å²) in [6, 6.07) is 6.29. The Labute approximate surface area is 153 Å². The summed E-state index contributed by atoms with van der Waals surface area (Å²) in [6.45, 7) is 5.44. The largest absolute Gasteiger partial charge is 0.464 e. The second-order valence-corrected chi connectivity index (χ2v) is 6.99. The molecular formula is C20H27N3O3. The zero-order valence-corrected chi connectivity index (χ0v) is 15.7. The van der Waals surface area contributed by atoms with Crippen LogP contribution in [0.15, 0.2) is 18.2 Å². The zero-order valence-electron chi connectivity index (χ0n) is 15.7. The van der Waals surface area contributed by atoms with Gasteiger partial charge in [-0.3, -0.25) is 9.69 Å². The van der Waals surface area contributed by atoms with Crippen LogP contribution in [-0.2, 0) is 9.53 Å². The number of H-pyrrole nitrogens is 1. The Hall–Kier alpha value is -2.34. The predicted molar refractivity (Wildman–Crippen MR) is 103 cm³/mol. The number of anilines is 1. The molecule has 0 bridgehead atoms. The van der Waals surface area contributed by atoms with Gasteiger partial charge < -0.3 is 15.0 Å². The van der Waals surface area contributed by atoms with Crippen LogP contribution in [0.2, 0.25) is 0 Å². The minimum absolute atomic E-state index is 0.0992. The fourth-order valence-electron chi connectivity index (χ4n) is 3.78. The number of nitrogens with zero attached hydrogens (tertiary/aromatic N) is 1. The molecule has 0 spiro atoms. The average Bonchev–Trinajstić information content (AvgIpc) is 2.99. The Morgan fingerprint density at radius 2 is 2.15 bits per heavy atom. The van der Waals surface area contributed by atoms with Gasteiger partial charge in [-0.15, -0.1) is 0 Å². The lowest BCUT2D eigenvalue weighted by Gasteiger charge is -2.34. The number of carbonyl (C=O) groups excluding carboxylic acids is 2. The van der Waals surface area contributed by atoms with Crippen molar-refractivity contribution in [2.24, 2.45) is 0 Å². The van der Waals surface area contributed by atoms with Crippen LogP contribution in [0.3, 0.4) is 0 Å². The minimum atomic E-state index is -0.487. The summed E-state index contributed by atoms with van der Waals surface area (Å²) in [4.78, 5) is 30.2. The fourth-order valence-corrected chi connectivity index (χ4v) is 3.78. The molecule has 1 aromatic heterocycles. The van der Waals surface area contributed by atoms with E-state index in [0.717, 1.165) is 42.3 Å². The van der Waals surface area contributed by atoms with Crippen molar-refractivity contribution >= 4 is 28.5 Å². The van der Waals surface area contributed by atoms with Gasteiger partial charge in [0, 0.05) is 16.9 Å². The van der Waals surface area contributed by atoms with Crippen LogP contribution in [0.1, 0.15) is 48.7 Å². The van der Waals surface area contributed by atoms with Gasteiger partial charge in [0.1, 0.15) is 5.69 Å². The smallest absolute Gasteiger partial charge is 0.356 e. The van der Waals surface area contributed by atoms with E-state index in [-0.39, 0.29) is 11.6 Å². The number of ether oxygens (including phenoxy) is 1. The molecule has 1 aliphatic heterocycles. The predicted octanol–water partition coefficient (Wildman–Crippen LogP) is 3.47. The first-order valence-electron chi connectivity index (χ1n) is 9.28. The molecule has 0 saturated carbocycles. The van der Waals surface area contributed by atoms with E-state index in [9.17, 15) is 9.59 Å². The van der Waals surface area contributed by atoms with Crippen LogP contribution in [0.25, 0.3) is 10.9 Å². The molecule has 1 fully saturated rings. The van der Waals surface area contributed by atoms with Gasteiger partial charge >= 0.3 is 5.97 Å². The average molecular weight is 357 g/mol. The molecule has 26 heavy (non-hydrogen) atoms. The van der Waals surface area contributed by atoms with Crippen LogP contribution in [0.4, 0.5) is 5.69 Å². The number of benzene rings is 1. The molecule has 2 N–H and O–H groups in total. The molecule has 2 aromatic rings. The van der Waals surface area contributed by atoms with Gasteiger partial charge in [-0.1, -0.05) is 25.0 Å². The molecule has 1 atom stereocenters. The molecule has 1 amide bonds. The SMILES string of the molecule is CC[C@H]1CCCCN1CC(=O)Nc1c(C(=O)OC)[nH]c2ccc(C)cc12. The van der Waals surface area contributed by atoms with E-state index in [1.165, 1.54) is 13.5 Å². The van der Waals surface area contributed by atoms with Crippen molar-refractivity contribution in [1.82, 2.24) is 9.88 Å². The van der Waals surface area contributed by atoms with Crippen molar-refractivity contribution in [1.29, 1.82) is 0 Å². The van der Waals surface area contributed by atoms with E-state index >= 15 is 0 Å². The Bertz CT molecular complexity index is 812.